The third kappa shape index (κ3) is 4.47. The first-order valence-electron chi connectivity index (χ1n) is 6.06. The summed E-state index contributed by atoms with van der Waals surface area (Å²) < 4.78 is 5.04. The van der Waals surface area contributed by atoms with Gasteiger partial charge in [-0.3, -0.25) is 4.79 Å². The zero-order valence-electron chi connectivity index (χ0n) is 11.3. The highest BCUT2D eigenvalue weighted by Gasteiger charge is 2.27. The normalized spacial score (nSPS) is 11.3. The summed E-state index contributed by atoms with van der Waals surface area (Å²) in [5.74, 6) is -0.0663. The van der Waals surface area contributed by atoms with Gasteiger partial charge in [0.15, 0.2) is 0 Å². The van der Waals surface area contributed by atoms with Crippen molar-refractivity contribution >= 4 is 5.91 Å². The Labute approximate surface area is 109 Å². The summed E-state index contributed by atoms with van der Waals surface area (Å²) >= 11 is 0. The molecule has 18 heavy (non-hydrogen) atoms. The molecule has 0 unspecified atom stereocenters. The van der Waals surface area contributed by atoms with Crippen LogP contribution in [-0.2, 0) is 16.1 Å². The van der Waals surface area contributed by atoms with E-state index >= 15 is 0 Å². The van der Waals surface area contributed by atoms with Crippen molar-refractivity contribution in [2.45, 2.75) is 25.9 Å². The van der Waals surface area contributed by atoms with Gasteiger partial charge in [0.05, 0.1) is 12.1 Å². The van der Waals surface area contributed by atoms with Crippen molar-refractivity contribution in [2.75, 3.05) is 20.3 Å². The van der Waals surface area contributed by atoms with Crippen molar-refractivity contribution in [3.8, 4) is 0 Å². The lowest BCUT2D eigenvalue weighted by molar-refractivity contribution is -0.137. The van der Waals surface area contributed by atoms with Gasteiger partial charge in [-0.25, -0.2) is 0 Å². The smallest absolute Gasteiger partial charge is 0.242 e. The van der Waals surface area contributed by atoms with E-state index < -0.39 is 5.54 Å². The standard InChI is InChI=1S/C14H22N2O2/c1-14(2,15)13(17)16(9-10-18-3)11-12-7-5-4-6-8-12/h4-8H,9-11,15H2,1-3H3. The van der Waals surface area contributed by atoms with E-state index in [0.29, 0.717) is 19.7 Å². The van der Waals surface area contributed by atoms with Crippen LogP contribution in [-0.4, -0.2) is 36.6 Å². The second kappa shape index (κ2) is 6.52. The van der Waals surface area contributed by atoms with Crippen molar-refractivity contribution in [3.63, 3.8) is 0 Å². The average molecular weight is 250 g/mol. The van der Waals surface area contributed by atoms with E-state index in [9.17, 15) is 4.79 Å². The molecule has 0 aliphatic heterocycles. The lowest BCUT2D eigenvalue weighted by Crippen LogP contribution is -2.51. The van der Waals surface area contributed by atoms with Gasteiger partial charge in [-0.2, -0.15) is 0 Å². The molecular formula is C14H22N2O2. The number of rotatable bonds is 6. The van der Waals surface area contributed by atoms with Crippen LogP contribution >= 0.6 is 0 Å². The first kappa shape index (κ1) is 14.7. The molecule has 0 radical (unpaired) electrons. The molecule has 0 bridgehead atoms. The Morgan fingerprint density at radius 1 is 1.33 bits per heavy atom. The minimum Gasteiger partial charge on any atom is -0.383 e. The van der Waals surface area contributed by atoms with Gasteiger partial charge in [-0.15, -0.1) is 0 Å². The number of hydrogen-bond donors (Lipinski definition) is 1. The number of amides is 1. The Kier molecular flexibility index (Phi) is 5.31. The topological polar surface area (TPSA) is 55.6 Å². The van der Waals surface area contributed by atoms with Gasteiger partial charge < -0.3 is 15.4 Å². The van der Waals surface area contributed by atoms with Gasteiger partial charge in [0, 0.05) is 20.2 Å². The number of methoxy groups -OCH3 is 1. The average Bonchev–Trinajstić information content (AvgIpc) is 2.33. The summed E-state index contributed by atoms with van der Waals surface area (Å²) in [5.41, 5.74) is 6.10. The third-order valence-electron chi connectivity index (χ3n) is 2.62. The first-order valence-corrected chi connectivity index (χ1v) is 6.06. The lowest BCUT2D eigenvalue weighted by atomic mass is 10.0. The number of benzene rings is 1. The van der Waals surface area contributed by atoms with Crippen LogP contribution in [0.3, 0.4) is 0 Å². The quantitative estimate of drug-likeness (QED) is 0.830. The van der Waals surface area contributed by atoms with Crippen LogP contribution < -0.4 is 5.73 Å². The maximum absolute atomic E-state index is 12.2. The van der Waals surface area contributed by atoms with Crippen LogP contribution in [0.25, 0.3) is 0 Å². The van der Waals surface area contributed by atoms with E-state index in [4.69, 9.17) is 10.5 Å². The predicted molar refractivity (Wildman–Crippen MR) is 72.0 cm³/mol. The van der Waals surface area contributed by atoms with Gasteiger partial charge in [0.2, 0.25) is 5.91 Å². The van der Waals surface area contributed by atoms with Crippen LogP contribution in [0.15, 0.2) is 30.3 Å². The molecule has 1 aromatic carbocycles. The van der Waals surface area contributed by atoms with Gasteiger partial charge in [-0.05, 0) is 19.4 Å². The van der Waals surface area contributed by atoms with E-state index in [1.807, 2.05) is 30.3 Å². The van der Waals surface area contributed by atoms with Crippen LogP contribution in [0.5, 0.6) is 0 Å². The highest BCUT2D eigenvalue weighted by molar-refractivity contribution is 5.85. The molecule has 0 aliphatic rings. The molecule has 0 saturated heterocycles. The molecule has 0 atom stereocenters. The minimum atomic E-state index is -0.859. The van der Waals surface area contributed by atoms with Gasteiger partial charge in [-0.1, -0.05) is 30.3 Å². The second-order valence-electron chi connectivity index (χ2n) is 4.93. The summed E-state index contributed by atoms with van der Waals surface area (Å²) in [6, 6.07) is 9.87. The largest absolute Gasteiger partial charge is 0.383 e. The zero-order valence-corrected chi connectivity index (χ0v) is 11.3. The van der Waals surface area contributed by atoms with E-state index in [2.05, 4.69) is 0 Å². The summed E-state index contributed by atoms with van der Waals surface area (Å²) in [4.78, 5) is 14.0. The highest BCUT2D eigenvalue weighted by atomic mass is 16.5. The Morgan fingerprint density at radius 3 is 2.44 bits per heavy atom. The molecule has 0 spiro atoms. The molecule has 100 valence electrons. The molecule has 0 heterocycles. The molecule has 1 rings (SSSR count). The maximum Gasteiger partial charge on any atom is 0.242 e. The van der Waals surface area contributed by atoms with Gasteiger partial charge in [0.25, 0.3) is 0 Å². The van der Waals surface area contributed by atoms with E-state index in [1.54, 1.807) is 25.9 Å². The monoisotopic (exact) mass is 250 g/mol. The fraction of sp³-hybridized carbons (Fsp3) is 0.500. The lowest BCUT2D eigenvalue weighted by Gasteiger charge is -2.29. The number of nitrogens with zero attached hydrogens (tertiary/aromatic N) is 1. The van der Waals surface area contributed by atoms with Crippen LogP contribution in [0.4, 0.5) is 0 Å². The van der Waals surface area contributed by atoms with E-state index in [0.717, 1.165) is 5.56 Å². The van der Waals surface area contributed by atoms with Crippen molar-refractivity contribution in [3.05, 3.63) is 35.9 Å². The molecule has 0 saturated carbocycles. The molecule has 4 nitrogen and oxygen atoms in total. The molecule has 4 heteroatoms. The van der Waals surface area contributed by atoms with Crippen molar-refractivity contribution in [1.82, 2.24) is 4.90 Å². The fourth-order valence-electron chi connectivity index (χ4n) is 1.67. The number of carbonyl (C=O) groups is 1. The van der Waals surface area contributed by atoms with Crippen molar-refractivity contribution < 1.29 is 9.53 Å². The fourth-order valence-corrected chi connectivity index (χ4v) is 1.67. The van der Waals surface area contributed by atoms with Gasteiger partial charge in [0.1, 0.15) is 0 Å². The molecular weight excluding hydrogens is 228 g/mol. The molecule has 0 aromatic heterocycles. The van der Waals surface area contributed by atoms with Crippen molar-refractivity contribution in [1.29, 1.82) is 0 Å². The Balaban J connectivity index is 2.76. The zero-order chi connectivity index (χ0) is 13.6. The Bertz CT molecular complexity index is 371. The molecule has 1 amide bonds. The summed E-state index contributed by atoms with van der Waals surface area (Å²) in [6.45, 7) is 5.06. The van der Waals surface area contributed by atoms with Crippen LogP contribution in [0, 0.1) is 0 Å². The molecule has 2 N–H and O–H groups in total. The minimum absolute atomic E-state index is 0.0663. The van der Waals surface area contributed by atoms with E-state index in [-0.39, 0.29) is 5.91 Å². The maximum atomic E-state index is 12.2. The number of nitrogens with two attached hydrogens (primary N) is 1. The first-order chi connectivity index (χ1) is 8.45. The summed E-state index contributed by atoms with van der Waals surface area (Å²) in [5, 5.41) is 0. The highest BCUT2D eigenvalue weighted by Crippen LogP contribution is 2.10. The summed E-state index contributed by atoms with van der Waals surface area (Å²) in [6.07, 6.45) is 0. The van der Waals surface area contributed by atoms with E-state index in [1.165, 1.54) is 0 Å². The van der Waals surface area contributed by atoms with Gasteiger partial charge >= 0.3 is 0 Å². The number of carbonyl (C=O) groups excluding carboxylic acids is 1. The van der Waals surface area contributed by atoms with Crippen LogP contribution in [0.1, 0.15) is 19.4 Å². The van der Waals surface area contributed by atoms with Crippen molar-refractivity contribution in [2.24, 2.45) is 5.73 Å². The number of hydrogen-bond acceptors (Lipinski definition) is 3. The Morgan fingerprint density at radius 2 is 1.94 bits per heavy atom. The molecule has 1 aromatic rings. The molecule has 0 aliphatic carbocycles. The summed E-state index contributed by atoms with van der Waals surface area (Å²) in [7, 11) is 1.62. The van der Waals surface area contributed by atoms with Crippen LogP contribution in [0.2, 0.25) is 0 Å². The SMILES string of the molecule is COCCN(Cc1ccccc1)C(=O)C(C)(C)N. The third-order valence-corrected chi connectivity index (χ3v) is 2.62. The predicted octanol–water partition coefficient (Wildman–Crippen LogP) is 1.40. The molecule has 0 fully saturated rings. The second-order valence-corrected chi connectivity index (χ2v) is 4.93. The number of ether oxygens (including phenoxy) is 1. The Hall–Kier alpha value is -1.39.